The molecule has 2 amide bonds. The first-order valence-electron chi connectivity index (χ1n) is 8.65. The SMILES string of the molecule is COc1ccc(NC(=O)CCC(=O)Nc2ccc3c(n2)n(C)c(=O)n3C)cc1. The number of imidazole rings is 1. The van der Waals surface area contributed by atoms with Crippen LogP contribution in [0.1, 0.15) is 12.8 Å². The van der Waals surface area contributed by atoms with E-state index in [1.54, 1.807) is 57.6 Å². The second kappa shape index (κ2) is 7.95. The lowest BCUT2D eigenvalue weighted by Gasteiger charge is -2.07. The Kier molecular flexibility index (Phi) is 5.44. The zero-order valence-electron chi connectivity index (χ0n) is 15.9. The van der Waals surface area contributed by atoms with E-state index in [1.807, 2.05) is 0 Å². The van der Waals surface area contributed by atoms with Gasteiger partial charge in [0.1, 0.15) is 11.6 Å². The molecule has 0 aliphatic rings. The smallest absolute Gasteiger partial charge is 0.329 e. The molecule has 0 fully saturated rings. The van der Waals surface area contributed by atoms with Crippen molar-refractivity contribution in [1.82, 2.24) is 14.1 Å². The van der Waals surface area contributed by atoms with Gasteiger partial charge in [0.15, 0.2) is 5.65 Å². The fourth-order valence-corrected chi connectivity index (χ4v) is 2.77. The summed E-state index contributed by atoms with van der Waals surface area (Å²) in [6, 6.07) is 10.3. The Bertz CT molecular complexity index is 1080. The molecule has 1 aromatic carbocycles. The van der Waals surface area contributed by atoms with Gasteiger partial charge in [-0.25, -0.2) is 9.78 Å². The van der Waals surface area contributed by atoms with Crippen LogP contribution in [0, 0.1) is 0 Å². The second-order valence-electron chi connectivity index (χ2n) is 6.26. The Hall–Kier alpha value is -3.62. The zero-order valence-corrected chi connectivity index (χ0v) is 15.9. The molecule has 0 saturated heterocycles. The molecule has 3 aromatic rings. The van der Waals surface area contributed by atoms with Crippen LogP contribution < -0.4 is 21.1 Å². The number of hydrogen-bond acceptors (Lipinski definition) is 5. The number of benzene rings is 1. The molecule has 0 radical (unpaired) electrons. The normalized spacial score (nSPS) is 10.7. The number of nitrogens with zero attached hydrogens (tertiary/aromatic N) is 3. The standard InChI is InChI=1S/C19H21N5O4/c1-23-14-8-9-15(22-18(14)24(2)19(23)27)21-17(26)11-10-16(25)20-12-4-6-13(28-3)7-5-12/h4-9H,10-11H2,1-3H3,(H,20,25)(H,21,22,26). The van der Waals surface area contributed by atoms with Crippen LogP contribution in [0.5, 0.6) is 5.75 Å². The summed E-state index contributed by atoms with van der Waals surface area (Å²) < 4.78 is 7.95. The highest BCUT2D eigenvalue weighted by Gasteiger charge is 2.12. The number of pyridine rings is 1. The summed E-state index contributed by atoms with van der Waals surface area (Å²) in [4.78, 5) is 40.4. The minimum atomic E-state index is -0.335. The molecule has 28 heavy (non-hydrogen) atoms. The van der Waals surface area contributed by atoms with Crippen LogP contribution in [-0.4, -0.2) is 33.0 Å². The molecule has 2 N–H and O–H groups in total. The summed E-state index contributed by atoms with van der Waals surface area (Å²) in [6.45, 7) is 0. The maximum Gasteiger partial charge on any atom is 0.329 e. The van der Waals surface area contributed by atoms with Crippen LogP contribution >= 0.6 is 0 Å². The fourth-order valence-electron chi connectivity index (χ4n) is 2.77. The third kappa shape index (κ3) is 4.03. The van der Waals surface area contributed by atoms with Crippen LogP contribution in [0.3, 0.4) is 0 Å². The number of amides is 2. The number of fused-ring (bicyclic) bond motifs is 1. The van der Waals surface area contributed by atoms with Gasteiger partial charge in [-0.1, -0.05) is 0 Å². The number of nitrogens with one attached hydrogen (secondary N) is 2. The summed E-state index contributed by atoms with van der Waals surface area (Å²) in [5.74, 6) is 0.416. The van der Waals surface area contributed by atoms with Gasteiger partial charge in [-0.15, -0.1) is 0 Å². The fraction of sp³-hybridized carbons (Fsp3) is 0.263. The average molecular weight is 383 g/mol. The van der Waals surface area contributed by atoms with Gasteiger partial charge in [-0.2, -0.15) is 0 Å². The highest BCUT2D eigenvalue weighted by Crippen LogP contribution is 2.16. The number of hydrogen-bond donors (Lipinski definition) is 2. The first-order valence-corrected chi connectivity index (χ1v) is 8.65. The van der Waals surface area contributed by atoms with Crippen molar-refractivity contribution >= 4 is 34.5 Å². The molecule has 0 bridgehead atoms. The molecular weight excluding hydrogens is 362 g/mol. The third-order valence-corrected chi connectivity index (χ3v) is 4.33. The summed E-state index contributed by atoms with van der Waals surface area (Å²) >= 11 is 0. The van der Waals surface area contributed by atoms with Crippen molar-refractivity contribution in [2.45, 2.75) is 12.8 Å². The highest BCUT2D eigenvalue weighted by atomic mass is 16.5. The van der Waals surface area contributed by atoms with E-state index >= 15 is 0 Å². The maximum atomic E-state index is 12.1. The van der Waals surface area contributed by atoms with Crippen LogP contribution in [0.2, 0.25) is 0 Å². The minimum absolute atomic E-state index is 0.00935. The Morgan fingerprint density at radius 3 is 2.25 bits per heavy atom. The van der Waals surface area contributed by atoms with Crippen LogP contribution in [0.25, 0.3) is 11.2 Å². The van der Waals surface area contributed by atoms with E-state index in [0.717, 1.165) is 0 Å². The van der Waals surface area contributed by atoms with Crippen molar-refractivity contribution in [3.05, 3.63) is 46.9 Å². The van der Waals surface area contributed by atoms with E-state index in [-0.39, 0.29) is 30.3 Å². The number of ether oxygens (including phenoxy) is 1. The van der Waals surface area contributed by atoms with E-state index in [1.165, 1.54) is 9.13 Å². The number of anilines is 2. The Morgan fingerprint density at radius 2 is 1.61 bits per heavy atom. The van der Waals surface area contributed by atoms with Crippen molar-refractivity contribution < 1.29 is 14.3 Å². The van der Waals surface area contributed by atoms with E-state index in [0.29, 0.717) is 28.4 Å². The van der Waals surface area contributed by atoms with Crippen molar-refractivity contribution in [2.24, 2.45) is 14.1 Å². The van der Waals surface area contributed by atoms with Crippen LogP contribution in [0.4, 0.5) is 11.5 Å². The summed E-state index contributed by atoms with van der Waals surface area (Å²) in [6.07, 6.45) is 0.0410. The Balaban J connectivity index is 1.56. The van der Waals surface area contributed by atoms with E-state index in [4.69, 9.17) is 4.74 Å². The molecule has 2 aromatic heterocycles. The predicted molar refractivity (Wildman–Crippen MR) is 105 cm³/mol. The molecule has 0 aliphatic heterocycles. The van der Waals surface area contributed by atoms with E-state index in [2.05, 4.69) is 15.6 Å². The van der Waals surface area contributed by atoms with Gasteiger partial charge < -0.3 is 15.4 Å². The quantitative estimate of drug-likeness (QED) is 0.673. The molecule has 0 unspecified atom stereocenters. The van der Waals surface area contributed by atoms with Gasteiger partial charge in [0, 0.05) is 32.6 Å². The molecule has 2 heterocycles. The highest BCUT2D eigenvalue weighted by molar-refractivity contribution is 5.96. The number of aryl methyl sites for hydroxylation is 2. The van der Waals surface area contributed by atoms with E-state index < -0.39 is 0 Å². The Labute approximate surface area is 160 Å². The third-order valence-electron chi connectivity index (χ3n) is 4.33. The lowest BCUT2D eigenvalue weighted by atomic mass is 10.2. The number of carbonyl (C=O) groups excluding carboxylic acids is 2. The molecule has 146 valence electrons. The van der Waals surface area contributed by atoms with Gasteiger partial charge in [0.25, 0.3) is 0 Å². The molecule has 0 aliphatic carbocycles. The number of aromatic nitrogens is 3. The number of methoxy groups -OCH3 is 1. The molecule has 0 saturated carbocycles. The molecule has 3 rings (SSSR count). The van der Waals surface area contributed by atoms with E-state index in [9.17, 15) is 14.4 Å². The maximum absolute atomic E-state index is 12.1. The van der Waals surface area contributed by atoms with Crippen LogP contribution in [-0.2, 0) is 23.7 Å². The first-order chi connectivity index (χ1) is 13.4. The lowest BCUT2D eigenvalue weighted by Crippen LogP contribution is -2.19. The van der Waals surface area contributed by atoms with Crippen molar-refractivity contribution in [3.8, 4) is 5.75 Å². The Morgan fingerprint density at radius 1 is 0.964 bits per heavy atom. The number of carbonyl (C=O) groups is 2. The van der Waals surface area contributed by atoms with Gasteiger partial charge in [-0.3, -0.25) is 18.7 Å². The molecule has 9 heteroatoms. The summed E-state index contributed by atoms with van der Waals surface area (Å²) in [5, 5.41) is 5.38. The molecule has 0 atom stereocenters. The predicted octanol–water partition coefficient (Wildman–Crippen LogP) is 1.64. The van der Waals surface area contributed by atoms with Crippen molar-refractivity contribution in [1.29, 1.82) is 0 Å². The van der Waals surface area contributed by atoms with Crippen molar-refractivity contribution in [2.75, 3.05) is 17.7 Å². The minimum Gasteiger partial charge on any atom is -0.497 e. The topological polar surface area (TPSA) is 107 Å². The van der Waals surface area contributed by atoms with Gasteiger partial charge in [0.2, 0.25) is 11.8 Å². The zero-order chi connectivity index (χ0) is 20.3. The second-order valence-corrected chi connectivity index (χ2v) is 6.26. The largest absolute Gasteiger partial charge is 0.497 e. The summed E-state index contributed by atoms with van der Waals surface area (Å²) in [5.41, 5.74) is 1.58. The van der Waals surface area contributed by atoms with Crippen molar-refractivity contribution in [3.63, 3.8) is 0 Å². The number of rotatable bonds is 6. The van der Waals surface area contributed by atoms with Gasteiger partial charge in [-0.05, 0) is 36.4 Å². The molecular formula is C19H21N5O4. The lowest BCUT2D eigenvalue weighted by molar-refractivity contribution is -0.121. The monoisotopic (exact) mass is 383 g/mol. The van der Waals surface area contributed by atoms with Gasteiger partial charge in [0.05, 0.1) is 12.6 Å². The first kappa shape index (κ1) is 19.2. The molecule has 0 spiro atoms. The van der Waals surface area contributed by atoms with Gasteiger partial charge >= 0.3 is 5.69 Å². The summed E-state index contributed by atoms with van der Waals surface area (Å²) in [7, 11) is 4.84. The van der Waals surface area contributed by atoms with Crippen LogP contribution in [0.15, 0.2) is 41.2 Å². The molecule has 9 nitrogen and oxygen atoms in total. The average Bonchev–Trinajstić information content (AvgIpc) is 2.91.